The van der Waals surface area contributed by atoms with Crippen LogP contribution in [0.25, 0.3) is 0 Å². The third-order valence-corrected chi connectivity index (χ3v) is 17.2. The van der Waals surface area contributed by atoms with Gasteiger partial charge in [-0.15, -0.1) is 14.0 Å². The second kappa shape index (κ2) is 11.3. The first kappa shape index (κ1) is 31.6. The number of nitrogens with one attached hydrogen (secondary N) is 1. The molecule has 0 atom stereocenters. The average Bonchev–Trinajstić information content (AvgIpc) is 2.54. The predicted molar refractivity (Wildman–Crippen MR) is 144 cm³/mol. The van der Waals surface area contributed by atoms with Crippen LogP contribution in [-0.4, -0.2) is 137 Å². The maximum absolute atomic E-state index is 5.75. The molecule has 13 heteroatoms. The second-order valence-electron chi connectivity index (χ2n) is 10.1. The SMILES string of the molecule is CN(C)P(=N[P+](N(C)C)(N(C)C)N(C)C)(N=P(NC(C)(C)C)(N(C)C)N(C)C)N(C)C. The number of nitrogens with zero attached hydrogens (tertiary/aromatic N) is 9. The normalized spacial score (nSPS) is 14.8. The standard InChI is InChI=1S/C18H52N10P3/c1-18(2,3)19-29(22(4)5,23(6)7)20-30(24(8)9,25(10)11)21-31(26(12)13,27(14)15)28(16)17/h19H,1-17H3/q+1. The third-order valence-electron chi connectivity index (χ3n) is 4.77. The first-order valence-corrected chi connectivity index (χ1v) is 15.3. The lowest BCUT2D eigenvalue weighted by Gasteiger charge is -2.45. The van der Waals surface area contributed by atoms with Gasteiger partial charge in [0.1, 0.15) is 0 Å². The quantitative estimate of drug-likeness (QED) is 0.453. The van der Waals surface area contributed by atoms with Gasteiger partial charge in [-0.1, -0.05) is 0 Å². The van der Waals surface area contributed by atoms with Crippen molar-refractivity contribution in [1.82, 2.24) is 37.8 Å². The highest BCUT2D eigenvalue weighted by Crippen LogP contribution is 2.76. The van der Waals surface area contributed by atoms with E-state index in [1.54, 1.807) is 0 Å². The lowest BCUT2D eigenvalue weighted by atomic mass is 10.1. The molecule has 0 radical (unpaired) electrons. The zero-order valence-electron chi connectivity index (χ0n) is 23.4. The van der Waals surface area contributed by atoms with Crippen molar-refractivity contribution in [2.24, 2.45) is 9.03 Å². The van der Waals surface area contributed by atoms with Crippen molar-refractivity contribution in [2.45, 2.75) is 26.3 Å². The van der Waals surface area contributed by atoms with Crippen molar-refractivity contribution >= 4 is 22.9 Å². The van der Waals surface area contributed by atoms with E-state index in [9.17, 15) is 0 Å². The van der Waals surface area contributed by atoms with Crippen molar-refractivity contribution in [3.8, 4) is 0 Å². The molecule has 0 spiro atoms. The van der Waals surface area contributed by atoms with Crippen molar-refractivity contribution in [3.05, 3.63) is 0 Å². The molecule has 0 fully saturated rings. The first-order chi connectivity index (χ1) is 13.7. The van der Waals surface area contributed by atoms with E-state index in [0.29, 0.717) is 0 Å². The number of hydrogen-bond donors (Lipinski definition) is 1. The van der Waals surface area contributed by atoms with Gasteiger partial charge in [-0.05, 0) is 81.7 Å². The lowest BCUT2D eigenvalue weighted by molar-refractivity contribution is 0.457. The topological polar surface area (TPSA) is 59.4 Å². The van der Waals surface area contributed by atoms with Gasteiger partial charge in [0.2, 0.25) is 0 Å². The molecule has 188 valence electrons. The summed E-state index contributed by atoms with van der Waals surface area (Å²) < 4.78 is 27.2. The Balaban J connectivity index is 7.86. The highest BCUT2D eigenvalue weighted by atomic mass is 31.2. The Kier molecular flexibility index (Phi) is 11.5. The molecule has 0 heterocycles. The van der Waals surface area contributed by atoms with Crippen LogP contribution >= 0.6 is 22.9 Å². The summed E-state index contributed by atoms with van der Waals surface area (Å²) in [7, 11) is 22.6. The maximum Gasteiger partial charge on any atom is 0.356 e. The van der Waals surface area contributed by atoms with Gasteiger partial charge in [-0.25, -0.2) is 9.34 Å². The largest absolute Gasteiger partial charge is 0.356 e. The second-order valence-corrected chi connectivity index (χ2v) is 20.7. The van der Waals surface area contributed by atoms with Gasteiger partial charge in [-0.3, -0.25) is 14.4 Å². The Bertz CT molecular complexity index is 633. The Morgan fingerprint density at radius 2 is 0.903 bits per heavy atom. The van der Waals surface area contributed by atoms with Gasteiger partial charge in [-0.2, -0.15) is 4.52 Å². The van der Waals surface area contributed by atoms with E-state index in [4.69, 9.17) is 9.03 Å². The molecule has 0 aromatic heterocycles. The van der Waals surface area contributed by atoms with Gasteiger partial charge < -0.3 is 0 Å². The molecule has 0 bridgehead atoms. The fourth-order valence-corrected chi connectivity index (χ4v) is 17.4. The Morgan fingerprint density at radius 3 is 1.10 bits per heavy atom. The molecular formula is C18H52N10P3+. The molecule has 0 aromatic carbocycles. The van der Waals surface area contributed by atoms with Crippen LogP contribution in [0.3, 0.4) is 0 Å². The summed E-state index contributed by atoms with van der Waals surface area (Å²) in [5.74, 6) is 0. The van der Waals surface area contributed by atoms with Crippen LogP contribution in [0.5, 0.6) is 0 Å². The van der Waals surface area contributed by atoms with E-state index in [2.05, 4.69) is 157 Å². The van der Waals surface area contributed by atoms with Gasteiger partial charge in [0.05, 0.1) is 0 Å². The Labute approximate surface area is 194 Å². The van der Waals surface area contributed by atoms with E-state index in [1.165, 1.54) is 0 Å². The molecule has 0 saturated carbocycles. The first-order valence-electron chi connectivity index (χ1n) is 10.4. The van der Waals surface area contributed by atoms with Crippen molar-refractivity contribution in [2.75, 3.05) is 98.7 Å². The lowest BCUT2D eigenvalue weighted by Crippen LogP contribution is -2.42. The number of hydrogen-bond acceptors (Lipinski definition) is 4. The summed E-state index contributed by atoms with van der Waals surface area (Å²) in [6.07, 6.45) is 0. The summed E-state index contributed by atoms with van der Waals surface area (Å²) in [5, 5.41) is 3.89. The molecule has 0 saturated heterocycles. The van der Waals surface area contributed by atoms with E-state index in [0.717, 1.165) is 0 Å². The van der Waals surface area contributed by atoms with Crippen LogP contribution in [0, 0.1) is 0 Å². The maximum atomic E-state index is 5.75. The summed E-state index contributed by atoms with van der Waals surface area (Å²) in [4.78, 5) is 0. The zero-order valence-corrected chi connectivity index (χ0v) is 26.0. The predicted octanol–water partition coefficient (Wildman–Crippen LogP) is 3.88. The van der Waals surface area contributed by atoms with Crippen LogP contribution in [0.15, 0.2) is 9.03 Å². The summed E-state index contributed by atoms with van der Waals surface area (Å²) in [5.41, 5.74) is -0.114. The highest BCUT2D eigenvalue weighted by Gasteiger charge is 2.53. The summed E-state index contributed by atoms with van der Waals surface area (Å²) in [6, 6.07) is 0. The van der Waals surface area contributed by atoms with Crippen LogP contribution in [0.4, 0.5) is 0 Å². The van der Waals surface area contributed by atoms with E-state index >= 15 is 0 Å². The monoisotopic (exact) mass is 501 g/mol. The van der Waals surface area contributed by atoms with Crippen molar-refractivity contribution < 1.29 is 0 Å². The minimum absolute atomic E-state index is 0.114. The Hall–Kier alpha value is 0.570. The third kappa shape index (κ3) is 6.80. The fourth-order valence-electron chi connectivity index (χ4n) is 3.53. The molecule has 0 aliphatic rings. The van der Waals surface area contributed by atoms with Crippen LogP contribution in [0.1, 0.15) is 20.8 Å². The molecule has 1 N–H and O–H groups in total. The smallest absolute Gasteiger partial charge is 0.254 e. The van der Waals surface area contributed by atoms with E-state index in [-0.39, 0.29) is 5.54 Å². The van der Waals surface area contributed by atoms with Gasteiger partial charge in [0.15, 0.2) is 7.51 Å². The van der Waals surface area contributed by atoms with Crippen molar-refractivity contribution in [1.29, 1.82) is 0 Å². The molecule has 31 heavy (non-hydrogen) atoms. The van der Waals surface area contributed by atoms with Crippen LogP contribution < -0.4 is 5.09 Å². The van der Waals surface area contributed by atoms with Gasteiger partial charge in [0, 0.05) is 47.8 Å². The molecular weight excluding hydrogens is 449 g/mol. The minimum atomic E-state index is -2.49. The van der Waals surface area contributed by atoms with Crippen LogP contribution in [0.2, 0.25) is 0 Å². The van der Waals surface area contributed by atoms with Gasteiger partial charge in [0.25, 0.3) is 7.51 Å². The van der Waals surface area contributed by atoms with E-state index in [1.807, 2.05) is 0 Å². The van der Waals surface area contributed by atoms with E-state index < -0.39 is 22.9 Å². The summed E-state index contributed by atoms with van der Waals surface area (Å²) >= 11 is 0. The molecule has 0 unspecified atom stereocenters. The van der Waals surface area contributed by atoms with Gasteiger partial charge >= 0.3 is 7.87 Å². The molecule has 0 aromatic rings. The molecule has 10 nitrogen and oxygen atoms in total. The number of rotatable bonds is 10. The summed E-state index contributed by atoms with van der Waals surface area (Å²) in [6.45, 7) is 6.59. The van der Waals surface area contributed by atoms with Crippen molar-refractivity contribution in [3.63, 3.8) is 0 Å². The minimum Gasteiger partial charge on any atom is -0.254 e. The Morgan fingerprint density at radius 1 is 0.581 bits per heavy atom. The zero-order chi connectivity index (χ0) is 25.2. The molecule has 0 aliphatic heterocycles. The van der Waals surface area contributed by atoms with Crippen LogP contribution in [-0.2, 0) is 0 Å². The average molecular weight is 502 g/mol. The molecule has 0 rings (SSSR count). The molecule has 0 amide bonds. The highest BCUT2D eigenvalue weighted by molar-refractivity contribution is 7.78. The fraction of sp³-hybridized carbons (Fsp3) is 1.00. The molecule has 0 aliphatic carbocycles.